The van der Waals surface area contributed by atoms with E-state index < -0.39 is 11.3 Å². The highest BCUT2D eigenvalue weighted by molar-refractivity contribution is 8.00. The number of carboxylic acids is 1. The molecule has 4 nitrogen and oxygen atoms in total. The molecule has 0 aromatic rings. The second-order valence-corrected chi connectivity index (χ2v) is 3.02. The highest BCUT2D eigenvalue weighted by atomic mass is 32.2. The fourth-order valence-corrected chi connectivity index (χ4v) is 1.09. The summed E-state index contributed by atoms with van der Waals surface area (Å²) in [4.78, 5) is 10.1. The fraction of sp³-hybridized carbons (Fsp3) is 0.800. The van der Waals surface area contributed by atoms with Crippen LogP contribution in [0.5, 0.6) is 0 Å². The molecule has 0 spiro atoms. The number of hydrogen-bond acceptors (Lipinski definition) is 4. The first-order chi connectivity index (χ1) is 4.68. The van der Waals surface area contributed by atoms with Gasteiger partial charge in [-0.15, -0.1) is 11.8 Å². The van der Waals surface area contributed by atoms with Crippen molar-refractivity contribution in [3.63, 3.8) is 0 Å². The van der Waals surface area contributed by atoms with E-state index in [0.29, 0.717) is 12.3 Å². The summed E-state index contributed by atoms with van der Waals surface area (Å²) in [6.07, 6.45) is 0.811. The third-order valence-electron chi connectivity index (χ3n) is 0.889. The molecule has 0 heterocycles. The number of thioether (sulfide) groups is 1. The molecular formula is C5H12N2O2S. The molecule has 0 saturated carbocycles. The van der Waals surface area contributed by atoms with Crippen molar-refractivity contribution in [3.8, 4) is 0 Å². The molecule has 0 radical (unpaired) electrons. The lowest BCUT2D eigenvalue weighted by molar-refractivity contribution is -0.136. The zero-order valence-electron chi connectivity index (χ0n) is 5.62. The molecule has 0 amide bonds. The van der Waals surface area contributed by atoms with Crippen molar-refractivity contribution >= 4 is 17.7 Å². The molecule has 0 aliphatic heterocycles. The maximum Gasteiger partial charge on any atom is 0.330 e. The molecule has 0 aromatic heterocycles. The largest absolute Gasteiger partial charge is 0.479 e. The molecule has 0 aliphatic rings. The van der Waals surface area contributed by atoms with Gasteiger partial charge >= 0.3 is 5.97 Å². The predicted octanol–water partition coefficient (Wildman–Crippen LogP) is -0.562. The third kappa shape index (κ3) is 4.60. The average molecular weight is 164 g/mol. The van der Waals surface area contributed by atoms with E-state index in [1.165, 1.54) is 11.8 Å². The van der Waals surface area contributed by atoms with Gasteiger partial charge in [0, 0.05) is 0 Å². The molecule has 5 heteroatoms. The summed E-state index contributed by atoms with van der Waals surface area (Å²) < 4.78 is 0. The van der Waals surface area contributed by atoms with Crippen LogP contribution in [-0.2, 0) is 4.79 Å². The van der Waals surface area contributed by atoms with Gasteiger partial charge in [0.05, 0.1) is 0 Å². The van der Waals surface area contributed by atoms with E-state index in [2.05, 4.69) is 0 Å². The highest BCUT2D eigenvalue weighted by Crippen LogP contribution is 2.05. The first-order valence-electron chi connectivity index (χ1n) is 2.98. The normalized spacial score (nSPS) is 13.0. The van der Waals surface area contributed by atoms with Gasteiger partial charge in [-0.2, -0.15) is 0 Å². The summed E-state index contributed by atoms with van der Waals surface area (Å²) in [5.74, 6) is -0.258. The molecule has 10 heavy (non-hydrogen) atoms. The van der Waals surface area contributed by atoms with Crippen molar-refractivity contribution in [2.45, 2.75) is 11.8 Å². The summed E-state index contributed by atoms with van der Waals surface area (Å²) >= 11 is 1.21. The lowest BCUT2D eigenvalue weighted by Crippen LogP contribution is -2.26. The summed E-state index contributed by atoms with van der Waals surface area (Å²) in [5, 5.41) is 7.50. The van der Waals surface area contributed by atoms with E-state index >= 15 is 0 Å². The fourth-order valence-electron chi connectivity index (χ4n) is 0.365. The molecule has 0 fully saturated rings. The molecule has 5 N–H and O–H groups in total. The Labute approximate surface area is 64.0 Å². The van der Waals surface area contributed by atoms with Crippen LogP contribution in [0.4, 0.5) is 0 Å². The van der Waals surface area contributed by atoms with Crippen LogP contribution in [0.3, 0.4) is 0 Å². The van der Waals surface area contributed by atoms with Crippen LogP contribution in [0, 0.1) is 0 Å². The van der Waals surface area contributed by atoms with Gasteiger partial charge in [0.1, 0.15) is 5.37 Å². The van der Waals surface area contributed by atoms with Gasteiger partial charge in [-0.25, -0.2) is 4.79 Å². The Morgan fingerprint density at radius 3 is 2.70 bits per heavy atom. The van der Waals surface area contributed by atoms with Crippen LogP contribution in [0.1, 0.15) is 6.42 Å². The van der Waals surface area contributed by atoms with E-state index in [1.54, 1.807) is 0 Å². The van der Waals surface area contributed by atoms with Gasteiger partial charge in [-0.3, -0.25) is 0 Å². The average Bonchev–Trinajstić information content (AvgIpc) is 1.88. The number of carbonyl (C=O) groups is 1. The van der Waals surface area contributed by atoms with E-state index in [9.17, 15) is 4.79 Å². The van der Waals surface area contributed by atoms with Crippen LogP contribution >= 0.6 is 11.8 Å². The quantitative estimate of drug-likeness (QED) is 0.374. The van der Waals surface area contributed by atoms with Gasteiger partial charge in [-0.05, 0) is 18.7 Å². The standard InChI is InChI=1S/C5H12N2O2S/c6-2-1-3-10-4(7)5(8)9/h4H,1-3,6-7H2,(H,8,9)/t4-/m0/s1. The Bertz CT molecular complexity index is 110. The molecule has 0 unspecified atom stereocenters. The van der Waals surface area contributed by atoms with E-state index in [0.717, 1.165) is 6.42 Å². The van der Waals surface area contributed by atoms with Crippen molar-refractivity contribution in [1.82, 2.24) is 0 Å². The van der Waals surface area contributed by atoms with Crippen molar-refractivity contribution in [3.05, 3.63) is 0 Å². The van der Waals surface area contributed by atoms with Crippen LogP contribution in [0.25, 0.3) is 0 Å². The van der Waals surface area contributed by atoms with Crippen molar-refractivity contribution in [1.29, 1.82) is 0 Å². The SMILES string of the molecule is NCCCS[C@H](N)C(=O)O. The summed E-state index contributed by atoms with van der Waals surface area (Å²) in [6.45, 7) is 0.583. The predicted molar refractivity (Wildman–Crippen MR) is 41.7 cm³/mol. The van der Waals surface area contributed by atoms with E-state index in [4.69, 9.17) is 16.6 Å². The maximum atomic E-state index is 10.1. The smallest absolute Gasteiger partial charge is 0.330 e. The lowest BCUT2D eigenvalue weighted by atomic mass is 10.5. The number of aliphatic carboxylic acids is 1. The minimum absolute atomic E-state index is 0.583. The van der Waals surface area contributed by atoms with Crippen LogP contribution in [0.15, 0.2) is 0 Å². The first-order valence-corrected chi connectivity index (χ1v) is 4.03. The molecule has 0 saturated heterocycles. The van der Waals surface area contributed by atoms with Gasteiger partial charge in [0.25, 0.3) is 0 Å². The molecule has 0 aliphatic carbocycles. The lowest BCUT2D eigenvalue weighted by Gasteiger charge is -2.03. The van der Waals surface area contributed by atoms with Gasteiger partial charge < -0.3 is 16.6 Å². The Kier molecular flexibility index (Phi) is 5.38. The number of carboxylic acid groups (broad SMARTS) is 1. The van der Waals surface area contributed by atoms with Crippen LogP contribution < -0.4 is 11.5 Å². The van der Waals surface area contributed by atoms with Crippen LogP contribution in [-0.4, -0.2) is 28.7 Å². The zero-order chi connectivity index (χ0) is 7.98. The Hall–Kier alpha value is -0.260. The van der Waals surface area contributed by atoms with Gasteiger partial charge in [-0.1, -0.05) is 0 Å². The molecule has 0 bridgehead atoms. The topological polar surface area (TPSA) is 89.3 Å². The first kappa shape index (κ1) is 9.74. The Morgan fingerprint density at radius 2 is 2.30 bits per heavy atom. The number of rotatable bonds is 5. The minimum atomic E-state index is -0.970. The molecule has 60 valence electrons. The van der Waals surface area contributed by atoms with Crippen molar-refractivity contribution < 1.29 is 9.90 Å². The highest BCUT2D eigenvalue weighted by Gasteiger charge is 2.09. The van der Waals surface area contributed by atoms with Crippen LogP contribution in [0.2, 0.25) is 0 Å². The maximum absolute atomic E-state index is 10.1. The minimum Gasteiger partial charge on any atom is -0.479 e. The molecule has 0 aromatic carbocycles. The second-order valence-electron chi connectivity index (χ2n) is 1.77. The van der Waals surface area contributed by atoms with Gasteiger partial charge in [0.15, 0.2) is 0 Å². The van der Waals surface area contributed by atoms with Gasteiger partial charge in [0.2, 0.25) is 0 Å². The Balaban J connectivity index is 3.21. The monoisotopic (exact) mass is 164 g/mol. The van der Waals surface area contributed by atoms with Crippen molar-refractivity contribution in [2.24, 2.45) is 11.5 Å². The Morgan fingerprint density at radius 1 is 1.70 bits per heavy atom. The molecule has 1 atom stereocenters. The third-order valence-corrected chi connectivity index (χ3v) is 1.97. The van der Waals surface area contributed by atoms with E-state index in [1.807, 2.05) is 0 Å². The summed E-state index contributed by atoms with van der Waals surface area (Å²) in [5.41, 5.74) is 10.4. The van der Waals surface area contributed by atoms with E-state index in [-0.39, 0.29) is 0 Å². The van der Waals surface area contributed by atoms with Crippen molar-refractivity contribution in [2.75, 3.05) is 12.3 Å². The zero-order valence-corrected chi connectivity index (χ0v) is 6.43. The summed E-state index contributed by atoms with van der Waals surface area (Å²) in [7, 11) is 0. The number of hydrogen-bond donors (Lipinski definition) is 3. The molecule has 0 rings (SSSR count). The summed E-state index contributed by atoms with van der Waals surface area (Å²) in [6, 6.07) is 0. The molecular weight excluding hydrogens is 152 g/mol. The number of nitrogens with two attached hydrogens (primary N) is 2. The second kappa shape index (κ2) is 5.52.